The molecule has 0 spiro atoms. The monoisotopic (exact) mass is 905 g/mol. The second kappa shape index (κ2) is 17.3. The highest BCUT2D eigenvalue weighted by molar-refractivity contribution is 6.10. The normalized spacial score (nSPS) is 13.8. The highest BCUT2D eigenvalue weighted by Gasteiger charge is 2.46. The molecule has 1 aliphatic heterocycles. The minimum Gasteiger partial charge on any atom is -0.457 e. The summed E-state index contributed by atoms with van der Waals surface area (Å²) in [6, 6.07) is 68.0. The average molecular weight is 905 g/mol. The predicted octanol–water partition coefficient (Wildman–Crippen LogP) is 16.7. The van der Waals surface area contributed by atoms with Crippen LogP contribution in [0, 0.1) is 0 Å². The second-order valence-electron chi connectivity index (χ2n) is 21.8. The molecule has 1 aliphatic rings. The first kappa shape index (κ1) is 45.4. The molecule has 0 atom stereocenters. The topological polar surface area (TPSA) is 33.5 Å². The van der Waals surface area contributed by atoms with Crippen molar-refractivity contribution in [2.24, 2.45) is 0 Å². The van der Waals surface area contributed by atoms with Gasteiger partial charge < -0.3 is 14.5 Å². The van der Waals surface area contributed by atoms with E-state index in [-0.39, 0.29) is 16.2 Å². The van der Waals surface area contributed by atoms with Crippen LogP contribution < -0.4 is 14.5 Å². The van der Waals surface area contributed by atoms with Gasteiger partial charge in [0.05, 0.1) is 29.1 Å². The summed E-state index contributed by atoms with van der Waals surface area (Å²) in [5.74, 6) is 2.41. The Morgan fingerprint density at radius 2 is 0.942 bits per heavy atom. The molecule has 0 aliphatic carbocycles. The molecule has 5 heteroatoms. The van der Waals surface area contributed by atoms with Crippen molar-refractivity contribution in [2.75, 3.05) is 16.5 Å². The van der Waals surface area contributed by atoms with E-state index in [0.717, 1.165) is 39.4 Å². The largest absolute Gasteiger partial charge is 0.457 e. The molecule has 0 amide bonds. The maximum Gasteiger partial charge on any atom is 0.137 e. The summed E-state index contributed by atoms with van der Waals surface area (Å²) in [6.45, 7) is 23.8. The van der Waals surface area contributed by atoms with Crippen molar-refractivity contribution in [3.05, 3.63) is 228 Å². The summed E-state index contributed by atoms with van der Waals surface area (Å²) in [4.78, 5) is 10.1. The molecule has 0 saturated carbocycles. The van der Waals surface area contributed by atoms with Gasteiger partial charge in [-0.3, -0.25) is 4.57 Å². The first-order valence-corrected chi connectivity index (χ1v) is 24.4. The van der Waals surface area contributed by atoms with Crippen LogP contribution in [0.2, 0.25) is 0 Å². The van der Waals surface area contributed by atoms with Gasteiger partial charge in [-0.05, 0) is 105 Å². The summed E-state index contributed by atoms with van der Waals surface area (Å²) in [5.41, 5.74) is 13.5. The fourth-order valence-corrected chi connectivity index (χ4v) is 10.3. The van der Waals surface area contributed by atoms with Crippen LogP contribution in [0.5, 0.6) is 11.5 Å². The Hall–Kier alpha value is -7.37. The summed E-state index contributed by atoms with van der Waals surface area (Å²) >= 11 is 0. The number of pyridine rings is 1. The van der Waals surface area contributed by atoms with Crippen molar-refractivity contribution >= 4 is 33.2 Å². The number of rotatable bonds is 10. The molecular formula is C64H64N4O. The summed E-state index contributed by atoms with van der Waals surface area (Å²) in [6.07, 6.45) is 1.94. The number of aromatic nitrogens is 2. The number of ether oxygens (including phenoxy) is 1. The van der Waals surface area contributed by atoms with Crippen LogP contribution in [0.4, 0.5) is 11.4 Å². The van der Waals surface area contributed by atoms with Crippen LogP contribution in [0.15, 0.2) is 206 Å². The molecule has 10 rings (SSSR count). The third-order valence-electron chi connectivity index (χ3n) is 14.3. The third-order valence-corrected chi connectivity index (χ3v) is 14.3. The standard InChI is InChI=1S/C64H64N4O/c1-61(2,3)48-28-20-29-50(39-48)66-43-67(60(64(9,10)47-26-18-13-19-27-47)59(66)63(7,8)46-24-16-12-17-25-46)51-30-21-31-52(41-51)69-53-33-34-54-55-38-45(44-22-14-11-15-23-44)32-35-56(55)68(57(54)42-53)58-40-49(36-37-65-58)62(4,5)6/h11-42H,43H2,1-10H3. The maximum absolute atomic E-state index is 6.99. The first-order valence-electron chi connectivity index (χ1n) is 24.4. The molecule has 69 heavy (non-hydrogen) atoms. The van der Waals surface area contributed by atoms with E-state index in [9.17, 15) is 0 Å². The molecule has 7 aromatic carbocycles. The molecular weight excluding hydrogens is 841 g/mol. The van der Waals surface area contributed by atoms with Gasteiger partial charge in [-0.1, -0.05) is 184 Å². The molecule has 2 aromatic heterocycles. The number of anilines is 2. The van der Waals surface area contributed by atoms with E-state index in [2.05, 4.69) is 272 Å². The zero-order valence-corrected chi connectivity index (χ0v) is 41.9. The Labute approximate surface area is 409 Å². The van der Waals surface area contributed by atoms with Crippen LogP contribution in [0.1, 0.15) is 91.5 Å². The molecule has 0 unspecified atom stereocenters. The quantitative estimate of drug-likeness (QED) is 0.137. The number of hydrogen-bond donors (Lipinski definition) is 0. The predicted molar refractivity (Wildman–Crippen MR) is 290 cm³/mol. The number of hydrogen-bond acceptors (Lipinski definition) is 4. The van der Waals surface area contributed by atoms with E-state index in [1.54, 1.807) is 0 Å². The summed E-state index contributed by atoms with van der Waals surface area (Å²) < 4.78 is 9.28. The number of benzene rings is 7. The van der Waals surface area contributed by atoms with Crippen LogP contribution in [-0.2, 0) is 21.7 Å². The Bertz CT molecular complexity index is 3350. The summed E-state index contributed by atoms with van der Waals surface area (Å²) in [5, 5.41) is 2.31. The van der Waals surface area contributed by atoms with E-state index in [1.807, 2.05) is 6.20 Å². The third kappa shape index (κ3) is 8.50. The minimum absolute atomic E-state index is 0.0124. The molecule has 346 valence electrons. The van der Waals surface area contributed by atoms with Gasteiger partial charge in [0.1, 0.15) is 17.3 Å². The van der Waals surface area contributed by atoms with E-state index >= 15 is 0 Å². The number of fused-ring (bicyclic) bond motifs is 3. The zero-order valence-electron chi connectivity index (χ0n) is 41.9. The highest BCUT2D eigenvalue weighted by Crippen LogP contribution is 2.51. The van der Waals surface area contributed by atoms with E-state index in [1.165, 1.54) is 55.8 Å². The van der Waals surface area contributed by atoms with Gasteiger partial charge in [0.25, 0.3) is 0 Å². The minimum atomic E-state index is -0.396. The van der Waals surface area contributed by atoms with E-state index in [4.69, 9.17) is 9.72 Å². The number of allylic oxidation sites excluding steroid dienone is 2. The van der Waals surface area contributed by atoms with Crippen molar-refractivity contribution in [2.45, 2.75) is 90.9 Å². The van der Waals surface area contributed by atoms with Crippen molar-refractivity contribution < 1.29 is 4.74 Å². The Morgan fingerprint density at radius 3 is 1.55 bits per heavy atom. The van der Waals surface area contributed by atoms with Crippen molar-refractivity contribution in [1.82, 2.24) is 9.55 Å². The fourth-order valence-electron chi connectivity index (χ4n) is 10.3. The molecule has 9 aromatic rings. The van der Waals surface area contributed by atoms with Gasteiger partial charge in [-0.2, -0.15) is 0 Å². The second-order valence-corrected chi connectivity index (χ2v) is 21.8. The smallest absolute Gasteiger partial charge is 0.137 e. The first-order chi connectivity index (χ1) is 33.0. The number of nitrogens with zero attached hydrogens (tertiary/aromatic N) is 4. The maximum atomic E-state index is 6.99. The van der Waals surface area contributed by atoms with Gasteiger partial charge in [0, 0.05) is 51.3 Å². The lowest BCUT2D eigenvalue weighted by atomic mass is 9.73. The average Bonchev–Trinajstić information content (AvgIpc) is 3.92. The molecule has 0 radical (unpaired) electrons. The Balaban J connectivity index is 1.12. The van der Waals surface area contributed by atoms with Gasteiger partial charge in [-0.15, -0.1) is 0 Å². The molecule has 0 bridgehead atoms. The van der Waals surface area contributed by atoms with Crippen LogP contribution in [0.25, 0.3) is 38.8 Å². The SMILES string of the molecule is CC(C)(C)c1cccc(N2CN(c3cccc(Oc4ccc5c6cc(-c7ccccc7)ccc6n(-c6cc(C(C)(C)C)ccn6)c5c4)c3)C(C(C)(C)c3ccccc3)=C2C(C)(C)c2ccccc2)c1. The van der Waals surface area contributed by atoms with Gasteiger partial charge >= 0.3 is 0 Å². The molecule has 0 N–H and O–H groups in total. The van der Waals surface area contributed by atoms with Gasteiger partial charge in [-0.25, -0.2) is 4.98 Å². The molecule has 0 saturated heterocycles. The van der Waals surface area contributed by atoms with Gasteiger partial charge in [0.2, 0.25) is 0 Å². The molecule has 5 nitrogen and oxygen atoms in total. The summed E-state index contributed by atoms with van der Waals surface area (Å²) in [7, 11) is 0. The fraction of sp³-hybridized carbons (Fsp3) is 0.234. The van der Waals surface area contributed by atoms with Gasteiger partial charge in [0.15, 0.2) is 0 Å². The highest BCUT2D eigenvalue weighted by atomic mass is 16.5. The Morgan fingerprint density at radius 1 is 0.406 bits per heavy atom. The van der Waals surface area contributed by atoms with E-state index < -0.39 is 5.41 Å². The van der Waals surface area contributed by atoms with Crippen LogP contribution in [-0.4, -0.2) is 16.2 Å². The lowest BCUT2D eigenvalue weighted by molar-refractivity contribution is 0.483. The lowest BCUT2D eigenvalue weighted by Crippen LogP contribution is -2.34. The van der Waals surface area contributed by atoms with Crippen molar-refractivity contribution in [3.63, 3.8) is 0 Å². The lowest BCUT2D eigenvalue weighted by Gasteiger charge is -2.38. The van der Waals surface area contributed by atoms with E-state index in [0.29, 0.717) is 6.67 Å². The Kier molecular flexibility index (Phi) is 11.4. The molecule has 0 fully saturated rings. The van der Waals surface area contributed by atoms with Crippen LogP contribution in [0.3, 0.4) is 0 Å². The van der Waals surface area contributed by atoms with Crippen LogP contribution >= 0.6 is 0 Å². The van der Waals surface area contributed by atoms with Crippen molar-refractivity contribution in [3.8, 4) is 28.4 Å². The molecule has 3 heterocycles. The van der Waals surface area contributed by atoms with Crippen molar-refractivity contribution in [1.29, 1.82) is 0 Å². The zero-order chi connectivity index (χ0) is 48.3.